The van der Waals surface area contributed by atoms with Gasteiger partial charge in [0.05, 0.1) is 17.7 Å². The first-order valence-electron chi connectivity index (χ1n) is 19.5. The second kappa shape index (κ2) is 13.3. The Morgan fingerprint density at radius 2 is 0.983 bits per heavy atom. The van der Waals surface area contributed by atoms with Crippen molar-refractivity contribution in [1.29, 1.82) is 10.5 Å². The van der Waals surface area contributed by atoms with Crippen molar-refractivity contribution in [3.8, 4) is 45.5 Å². The van der Waals surface area contributed by atoms with Crippen molar-refractivity contribution in [1.82, 2.24) is 0 Å². The zero-order valence-electron chi connectivity index (χ0n) is 31.3. The maximum Gasteiger partial charge on any atom is 0.143 e. The van der Waals surface area contributed by atoms with Crippen LogP contribution in [0.25, 0.3) is 98.4 Å². The predicted molar refractivity (Wildman–Crippen MR) is 239 cm³/mol. The fourth-order valence-corrected chi connectivity index (χ4v) is 9.39. The smallest absolute Gasteiger partial charge is 0.143 e. The SMILES string of the molecule is N#CC1=CC(c2c3ccccc3c(-c3ccc4c(c3)oc3c(-c5c6ccccc6c(-c6ccccc6C#N)c6ccccc56)cccc34)c3ccccc23)C=CC=C1. The van der Waals surface area contributed by atoms with Crippen LogP contribution in [0.15, 0.2) is 198 Å². The lowest BCUT2D eigenvalue weighted by molar-refractivity contribution is 0.670. The summed E-state index contributed by atoms with van der Waals surface area (Å²) in [6.45, 7) is 0. The first kappa shape index (κ1) is 33.4. The predicted octanol–water partition coefficient (Wildman–Crippen LogP) is 14.7. The Morgan fingerprint density at radius 3 is 1.60 bits per heavy atom. The van der Waals surface area contributed by atoms with Crippen molar-refractivity contribution in [3.05, 3.63) is 205 Å². The Kier molecular flexibility index (Phi) is 7.68. The van der Waals surface area contributed by atoms with Gasteiger partial charge in [0.25, 0.3) is 0 Å². The van der Waals surface area contributed by atoms with Crippen molar-refractivity contribution in [2.75, 3.05) is 0 Å². The molecule has 0 N–H and O–H groups in total. The van der Waals surface area contributed by atoms with Crippen molar-refractivity contribution in [2.45, 2.75) is 5.92 Å². The normalized spacial score (nSPS) is 14.0. The molecule has 1 atom stereocenters. The number of fused-ring (bicyclic) bond motifs is 7. The third-order valence-corrected chi connectivity index (χ3v) is 11.8. The van der Waals surface area contributed by atoms with E-state index in [1.807, 2.05) is 36.4 Å². The van der Waals surface area contributed by atoms with Crippen LogP contribution < -0.4 is 0 Å². The summed E-state index contributed by atoms with van der Waals surface area (Å²) >= 11 is 0. The van der Waals surface area contributed by atoms with Gasteiger partial charge < -0.3 is 4.42 Å². The maximum absolute atomic E-state index is 10.2. The van der Waals surface area contributed by atoms with E-state index in [9.17, 15) is 10.5 Å². The van der Waals surface area contributed by atoms with Crippen LogP contribution in [0.5, 0.6) is 0 Å². The second-order valence-corrected chi connectivity index (χ2v) is 14.9. The zero-order chi connectivity index (χ0) is 38.7. The van der Waals surface area contributed by atoms with E-state index in [0.717, 1.165) is 98.4 Å². The van der Waals surface area contributed by atoms with Crippen molar-refractivity contribution >= 4 is 65.0 Å². The molecule has 0 aliphatic heterocycles. The molecule has 0 radical (unpaired) electrons. The molecule has 0 saturated heterocycles. The van der Waals surface area contributed by atoms with Crippen molar-refractivity contribution < 1.29 is 4.42 Å². The molecule has 1 heterocycles. The molecule has 0 bridgehead atoms. The number of nitriles is 2. The van der Waals surface area contributed by atoms with Crippen LogP contribution in [-0.2, 0) is 0 Å². The van der Waals surface area contributed by atoms with Gasteiger partial charge in [-0.05, 0) is 89.6 Å². The molecular weight excluding hydrogens is 705 g/mol. The summed E-state index contributed by atoms with van der Waals surface area (Å²) in [5.74, 6) is -0.0629. The topological polar surface area (TPSA) is 60.7 Å². The summed E-state index contributed by atoms with van der Waals surface area (Å²) in [5, 5.41) is 31.2. The van der Waals surface area contributed by atoms with Gasteiger partial charge in [0.2, 0.25) is 0 Å². The summed E-state index contributed by atoms with van der Waals surface area (Å²) < 4.78 is 7.03. The van der Waals surface area contributed by atoms with Crippen molar-refractivity contribution in [3.63, 3.8) is 0 Å². The molecule has 0 saturated carbocycles. The molecule has 0 spiro atoms. The highest BCUT2D eigenvalue weighted by atomic mass is 16.3. The Balaban J connectivity index is 1.15. The van der Waals surface area contributed by atoms with E-state index in [1.54, 1.807) is 0 Å². The molecule has 10 aromatic rings. The first-order chi connectivity index (χ1) is 28.7. The molecule has 11 rings (SSSR count). The van der Waals surface area contributed by atoms with E-state index >= 15 is 0 Å². The van der Waals surface area contributed by atoms with Crippen LogP contribution in [0.4, 0.5) is 0 Å². The van der Waals surface area contributed by atoms with Gasteiger partial charge >= 0.3 is 0 Å². The van der Waals surface area contributed by atoms with Crippen molar-refractivity contribution in [2.24, 2.45) is 0 Å². The molecule has 3 heteroatoms. The maximum atomic E-state index is 10.2. The van der Waals surface area contributed by atoms with E-state index in [0.29, 0.717) is 11.1 Å². The van der Waals surface area contributed by atoms with Crippen LogP contribution in [0.1, 0.15) is 17.0 Å². The van der Waals surface area contributed by atoms with Crippen LogP contribution in [0.2, 0.25) is 0 Å². The quantitative estimate of drug-likeness (QED) is 0.169. The average molecular weight is 737 g/mol. The molecule has 0 fully saturated rings. The number of allylic oxidation sites excluding steroid dienone is 6. The summed E-state index contributed by atoms with van der Waals surface area (Å²) in [7, 11) is 0. The van der Waals surface area contributed by atoms with E-state index in [4.69, 9.17) is 4.42 Å². The largest absolute Gasteiger partial charge is 0.455 e. The number of para-hydroxylation sites is 1. The lowest BCUT2D eigenvalue weighted by atomic mass is 9.83. The van der Waals surface area contributed by atoms with Crippen LogP contribution in [0.3, 0.4) is 0 Å². The fraction of sp³-hybridized carbons (Fsp3) is 0.0182. The number of furan rings is 1. The monoisotopic (exact) mass is 736 g/mol. The number of benzene rings is 9. The highest BCUT2D eigenvalue weighted by Crippen LogP contribution is 2.48. The van der Waals surface area contributed by atoms with E-state index in [1.165, 1.54) is 5.56 Å². The minimum absolute atomic E-state index is 0.0629. The molecule has 0 amide bonds. The molecule has 9 aromatic carbocycles. The highest BCUT2D eigenvalue weighted by molar-refractivity contribution is 6.25. The van der Waals surface area contributed by atoms with Gasteiger partial charge in [0.1, 0.15) is 11.2 Å². The summed E-state index contributed by atoms with van der Waals surface area (Å²) in [5.41, 5.74) is 10.5. The molecule has 1 aromatic heterocycles. The molecule has 1 aliphatic rings. The van der Waals surface area contributed by atoms with Crippen LogP contribution in [-0.4, -0.2) is 0 Å². The van der Waals surface area contributed by atoms with Crippen LogP contribution >= 0.6 is 0 Å². The third-order valence-electron chi connectivity index (χ3n) is 11.8. The van der Waals surface area contributed by atoms with Gasteiger partial charge in [-0.25, -0.2) is 0 Å². The Hall–Kier alpha value is -7.98. The summed E-state index contributed by atoms with van der Waals surface area (Å²) in [6.07, 6.45) is 10.1. The molecule has 268 valence electrons. The Labute approximate surface area is 334 Å². The molecule has 1 unspecified atom stereocenters. The molecule has 58 heavy (non-hydrogen) atoms. The van der Waals surface area contributed by atoms with E-state index in [-0.39, 0.29) is 5.92 Å². The van der Waals surface area contributed by atoms with Gasteiger partial charge in [-0.1, -0.05) is 164 Å². The van der Waals surface area contributed by atoms with Crippen LogP contribution in [0, 0.1) is 22.7 Å². The van der Waals surface area contributed by atoms with Gasteiger partial charge in [-0.3, -0.25) is 0 Å². The first-order valence-corrected chi connectivity index (χ1v) is 19.5. The fourth-order valence-electron chi connectivity index (χ4n) is 9.39. The van der Waals surface area contributed by atoms with E-state index in [2.05, 4.69) is 164 Å². The Morgan fingerprint density at radius 1 is 0.448 bits per heavy atom. The number of hydrogen-bond acceptors (Lipinski definition) is 3. The summed E-state index contributed by atoms with van der Waals surface area (Å²) in [4.78, 5) is 0. The van der Waals surface area contributed by atoms with Gasteiger partial charge in [-0.15, -0.1) is 0 Å². The zero-order valence-corrected chi connectivity index (χ0v) is 31.3. The van der Waals surface area contributed by atoms with E-state index < -0.39 is 0 Å². The number of nitrogens with zero attached hydrogens (tertiary/aromatic N) is 2. The molecule has 3 nitrogen and oxygen atoms in total. The van der Waals surface area contributed by atoms with Gasteiger partial charge in [-0.2, -0.15) is 10.5 Å². The number of rotatable bonds is 4. The van der Waals surface area contributed by atoms with Gasteiger partial charge in [0.15, 0.2) is 0 Å². The lowest BCUT2D eigenvalue weighted by Crippen LogP contribution is -1.98. The molecular formula is C55H32N2O. The number of hydrogen-bond donors (Lipinski definition) is 0. The minimum Gasteiger partial charge on any atom is -0.455 e. The average Bonchev–Trinajstić information content (AvgIpc) is 3.49. The Bertz CT molecular complexity index is 3430. The highest BCUT2D eigenvalue weighted by Gasteiger charge is 2.23. The molecule has 1 aliphatic carbocycles. The standard InChI is InChI=1S/C55H32N2O/c56-32-34-14-1-2-15-35(30-34)51-40-18-5-7-20-42(40)52(43-21-8-6-19-41(43)51)36-28-29-39-48-26-13-27-49(55(48)58-50(39)31-36)54-46-24-11-9-22-44(46)53(45-23-10-12-25-47(45)54)38-17-4-3-16-37(38)33-57/h1-31,35H. The third kappa shape index (κ3) is 5.05. The minimum atomic E-state index is -0.0629. The second-order valence-electron chi connectivity index (χ2n) is 14.9. The lowest BCUT2D eigenvalue weighted by Gasteiger charge is -2.20. The van der Waals surface area contributed by atoms with Gasteiger partial charge in [0, 0.05) is 39.0 Å². The summed E-state index contributed by atoms with van der Waals surface area (Å²) in [6, 6.07) is 60.1.